The molecule has 1 aliphatic carbocycles. The fourth-order valence-corrected chi connectivity index (χ4v) is 2.22. The first-order valence-electron chi connectivity index (χ1n) is 5.93. The topological polar surface area (TPSA) is 29.5 Å². The van der Waals surface area contributed by atoms with Gasteiger partial charge in [0, 0.05) is 12.6 Å². The zero-order chi connectivity index (χ0) is 13.1. The maximum absolute atomic E-state index is 12.9. The summed E-state index contributed by atoms with van der Waals surface area (Å²) in [4.78, 5) is 17.0. The fraction of sp³-hybridized carbons (Fsp3) is 0.357. The molecule has 0 N–H and O–H groups in total. The van der Waals surface area contributed by atoms with Crippen LogP contribution >= 0.6 is 0 Å². The summed E-state index contributed by atoms with van der Waals surface area (Å²) in [5.74, 6) is -0.381. The van der Waals surface area contributed by atoms with E-state index in [9.17, 15) is 9.18 Å². The van der Waals surface area contributed by atoms with Gasteiger partial charge in [0.2, 0.25) is 0 Å². The van der Waals surface area contributed by atoms with E-state index in [1.807, 2.05) is 0 Å². The molecular weight excluding hydrogens is 233 g/mol. The van der Waals surface area contributed by atoms with Crippen LogP contribution in [0.25, 0.3) is 5.57 Å². The van der Waals surface area contributed by atoms with Gasteiger partial charge in [0.25, 0.3) is 5.91 Å². The van der Waals surface area contributed by atoms with E-state index in [1.165, 1.54) is 24.3 Å². The Morgan fingerprint density at radius 1 is 1.28 bits per heavy atom. The van der Waals surface area contributed by atoms with Crippen molar-refractivity contribution in [1.82, 2.24) is 5.06 Å². The number of carbonyl (C=O) groups is 1. The highest BCUT2D eigenvalue weighted by molar-refractivity contribution is 6.01. The first-order chi connectivity index (χ1) is 8.63. The summed E-state index contributed by atoms with van der Waals surface area (Å²) in [6.45, 7) is 0. The molecule has 1 aromatic rings. The molecule has 0 bridgehead atoms. The van der Waals surface area contributed by atoms with Crippen molar-refractivity contribution in [1.29, 1.82) is 0 Å². The van der Waals surface area contributed by atoms with Crippen LogP contribution in [0.2, 0.25) is 0 Å². The summed E-state index contributed by atoms with van der Waals surface area (Å²) < 4.78 is 12.9. The molecule has 0 atom stereocenters. The minimum absolute atomic E-state index is 0.116. The molecule has 1 aromatic carbocycles. The third-order valence-electron chi connectivity index (χ3n) is 3.23. The van der Waals surface area contributed by atoms with Gasteiger partial charge in [0.1, 0.15) is 5.82 Å². The van der Waals surface area contributed by atoms with E-state index in [-0.39, 0.29) is 11.7 Å². The molecule has 96 valence electrons. The van der Waals surface area contributed by atoms with Crippen molar-refractivity contribution in [2.45, 2.75) is 19.3 Å². The van der Waals surface area contributed by atoms with Gasteiger partial charge in [-0.2, -0.15) is 0 Å². The van der Waals surface area contributed by atoms with Crippen LogP contribution in [0.4, 0.5) is 4.39 Å². The molecule has 0 heterocycles. The number of hydroxylamine groups is 2. The van der Waals surface area contributed by atoms with E-state index >= 15 is 0 Å². The molecule has 0 unspecified atom stereocenters. The van der Waals surface area contributed by atoms with Crippen molar-refractivity contribution >= 4 is 11.5 Å². The predicted molar refractivity (Wildman–Crippen MR) is 67.0 cm³/mol. The number of likely N-dealkylation sites (N-methyl/N-ethyl adjacent to an activating group) is 1. The SMILES string of the molecule is CON(C)C(=O)C1=C(c2ccc(F)cc2)CCC1. The molecule has 0 radical (unpaired) electrons. The molecule has 0 saturated heterocycles. The zero-order valence-corrected chi connectivity index (χ0v) is 10.6. The predicted octanol–water partition coefficient (Wildman–Crippen LogP) is 2.78. The van der Waals surface area contributed by atoms with Gasteiger partial charge in [0.05, 0.1) is 7.11 Å². The smallest absolute Gasteiger partial charge is 0.273 e. The molecule has 2 rings (SSSR count). The maximum Gasteiger partial charge on any atom is 0.273 e. The number of hydrogen-bond donors (Lipinski definition) is 0. The van der Waals surface area contributed by atoms with Crippen LogP contribution < -0.4 is 0 Å². The number of nitrogens with zero attached hydrogens (tertiary/aromatic N) is 1. The first kappa shape index (κ1) is 12.8. The van der Waals surface area contributed by atoms with Crippen molar-refractivity contribution in [3.8, 4) is 0 Å². The van der Waals surface area contributed by atoms with E-state index in [2.05, 4.69) is 0 Å². The van der Waals surface area contributed by atoms with Crippen LogP contribution in [0.3, 0.4) is 0 Å². The monoisotopic (exact) mass is 249 g/mol. The van der Waals surface area contributed by atoms with E-state index in [1.54, 1.807) is 19.2 Å². The van der Waals surface area contributed by atoms with Crippen molar-refractivity contribution in [3.63, 3.8) is 0 Å². The van der Waals surface area contributed by atoms with E-state index in [4.69, 9.17) is 4.84 Å². The lowest BCUT2D eigenvalue weighted by Gasteiger charge is -2.15. The summed E-state index contributed by atoms with van der Waals surface area (Å²) in [7, 11) is 3.06. The van der Waals surface area contributed by atoms with Gasteiger partial charge >= 0.3 is 0 Å². The molecule has 0 saturated carbocycles. The highest BCUT2D eigenvalue weighted by Crippen LogP contribution is 2.34. The van der Waals surface area contributed by atoms with Crippen LogP contribution in [-0.2, 0) is 9.63 Å². The van der Waals surface area contributed by atoms with Crippen LogP contribution in [0.5, 0.6) is 0 Å². The largest absolute Gasteiger partial charge is 0.274 e. The normalized spacial score (nSPS) is 15.1. The van der Waals surface area contributed by atoms with Crippen molar-refractivity contribution < 1.29 is 14.0 Å². The summed E-state index contributed by atoms with van der Waals surface area (Å²) in [5.41, 5.74) is 2.69. The van der Waals surface area contributed by atoms with Crippen LogP contribution in [-0.4, -0.2) is 25.1 Å². The molecule has 4 heteroatoms. The number of halogens is 1. The first-order valence-corrected chi connectivity index (χ1v) is 5.93. The highest BCUT2D eigenvalue weighted by atomic mass is 19.1. The second-order valence-electron chi connectivity index (χ2n) is 4.30. The highest BCUT2D eigenvalue weighted by Gasteiger charge is 2.24. The second-order valence-corrected chi connectivity index (χ2v) is 4.30. The second kappa shape index (κ2) is 5.31. The maximum atomic E-state index is 12.9. The van der Waals surface area contributed by atoms with Crippen molar-refractivity contribution in [2.24, 2.45) is 0 Å². The number of allylic oxidation sites excluding steroid dienone is 1. The average Bonchev–Trinajstić information content (AvgIpc) is 2.87. The van der Waals surface area contributed by atoms with Gasteiger partial charge in [-0.15, -0.1) is 0 Å². The average molecular weight is 249 g/mol. The lowest BCUT2D eigenvalue weighted by atomic mass is 10.0. The molecule has 0 spiro atoms. The fourth-order valence-electron chi connectivity index (χ4n) is 2.22. The minimum Gasteiger partial charge on any atom is -0.274 e. The molecule has 18 heavy (non-hydrogen) atoms. The van der Waals surface area contributed by atoms with Crippen molar-refractivity contribution in [3.05, 3.63) is 41.2 Å². The zero-order valence-electron chi connectivity index (χ0n) is 10.6. The summed E-state index contributed by atoms with van der Waals surface area (Å²) >= 11 is 0. The third-order valence-corrected chi connectivity index (χ3v) is 3.23. The molecular formula is C14H16FNO2. The van der Waals surface area contributed by atoms with Gasteiger partial charge in [-0.3, -0.25) is 9.63 Å². The summed E-state index contributed by atoms with van der Waals surface area (Å²) in [6.07, 6.45) is 2.55. The van der Waals surface area contributed by atoms with Crippen LogP contribution in [0.15, 0.2) is 29.8 Å². The number of benzene rings is 1. The van der Waals surface area contributed by atoms with Gasteiger partial charge in [-0.05, 0) is 42.5 Å². The number of amides is 1. The quantitative estimate of drug-likeness (QED) is 0.771. The Bertz CT molecular complexity index is 479. The Balaban J connectivity index is 2.34. The lowest BCUT2D eigenvalue weighted by Crippen LogP contribution is -2.26. The van der Waals surface area contributed by atoms with Crippen molar-refractivity contribution in [2.75, 3.05) is 14.2 Å². The molecule has 0 aromatic heterocycles. The Labute approximate surface area is 106 Å². The lowest BCUT2D eigenvalue weighted by molar-refractivity contribution is -0.163. The van der Waals surface area contributed by atoms with Gasteiger partial charge < -0.3 is 0 Å². The summed E-state index contributed by atoms with van der Waals surface area (Å²) in [6, 6.07) is 6.28. The molecule has 0 aliphatic heterocycles. The van der Waals surface area contributed by atoms with E-state index < -0.39 is 0 Å². The van der Waals surface area contributed by atoms with E-state index in [0.717, 1.165) is 36.0 Å². The standard InChI is InChI=1S/C14H16FNO2/c1-16(18-2)14(17)13-5-3-4-12(13)10-6-8-11(15)9-7-10/h6-9H,3-5H2,1-2H3. The van der Waals surface area contributed by atoms with Gasteiger partial charge in [0.15, 0.2) is 0 Å². The number of rotatable bonds is 3. The van der Waals surface area contributed by atoms with Crippen LogP contribution in [0, 0.1) is 5.82 Å². The Morgan fingerprint density at radius 2 is 1.94 bits per heavy atom. The molecule has 1 amide bonds. The van der Waals surface area contributed by atoms with Crippen LogP contribution in [0.1, 0.15) is 24.8 Å². The molecule has 3 nitrogen and oxygen atoms in total. The number of carbonyl (C=O) groups excluding carboxylic acids is 1. The molecule has 1 aliphatic rings. The minimum atomic E-state index is -0.265. The van der Waals surface area contributed by atoms with E-state index in [0.29, 0.717) is 0 Å². The Kier molecular flexibility index (Phi) is 3.77. The van der Waals surface area contributed by atoms with Gasteiger partial charge in [-0.1, -0.05) is 12.1 Å². The Hall–Kier alpha value is -1.68. The molecule has 0 fully saturated rings. The summed E-state index contributed by atoms with van der Waals surface area (Å²) in [5, 5.41) is 1.23. The third kappa shape index (κ3) is 2.43. The number of hydrogen-bond acceptors (Lipinski definition) is 2. The van der Waals surface area contributed by atoms with Gasteiger partial charge in [-0.25, -0.2) is 9.45 Å². The Morgan fingerprint density at radius 3 is 2.56 bits per heavy atom.